The number of nitro groups is 1. The fourth-order valence-corrected chi connectivity index (χ4v) is 3.85. The van der Waals surface area contributed by atoms with Gasteiger partial charge < -0.3 is 9.88 Å². The molecule has 1 aromatic heterocycles. The van der Waals surface area contributed by atoms with Gasteiger partial charge in [-0.25, -0.2) is 4.98 Å². The summed E-state index contributed by atoms with van der Waals surface area (Å²) in [5.74, 6) is 0.288. The van der Waals surface area contributed by atoms with E-state index >= 15 is 0 Å². The number of halogens is 2. The first-order valence-electron chi connectivity index (χ1n) is 9.98. The molecular weight excluding hydrogens is 447 g/mol. The number of nitrogens with zero attached hydrogens (tertiary/aromatic N) is 3. The quantitative estimate of drug-likeness (QED) is 0.231. The average molecular weight is 467 g/mol. The second-order valence-corrected chi connectivity index (χ2v) is 8.35. The van der Waals surface area contributed by atoms with Crippen LogP contribution in [0.15, 0.2) is 79.4 Å². The molecule has 0 aliphatic carbocycles. The second kappa shape index (κ2) is 9.42. The number of benzene rings is 3. The zero-order valence-corrected chi connectivity index (χ0v) is 18.7. The third-order valence-corrected chi connectivity index (χ3v) is 5.99. The Morgan fingerprint density at radius 3 is 2.44 bits per heavy atom. The number of nitro benzene ring substituents is 1. The van der Waals surface area contributed by atoms with E-state index in [0.717, 1.165) is 23.4 Å². The molecule has 1 N–H and O–H groups in total. The van der Waals surface area contributed by atoms with Crippen molar-refractivity contribution in [2.24, 2.45) is 0 Å². The molecule has 162 valence electrons. The molecule has 0 spiro atoms. The maximum Gasteiger partial charge on any atom is 0.293 e. The van der Waals surface area contributed by atoms with Gasteiger partial charge in [-0.05, 0) is 59.9 Å². The van der Waals surface area contributed by atoms with Gasteiger partial charge in [0.05, 0.1) is 21.3 Å². The van der Waals surface area contributed by atoms with Gasteiger partial charge in [-0.3, -0.25) is 10.1 Å². The van der Waals surface area contributed by atoms with Crippen LogP contribution in [0.1, 0.15) is 24.0 Å². The average Bonchev–Trinajstić information content (AvgIpc) is 3.31. The maximum absolute atomic E-state index is 11.4. The van der Waals surface area contributed by atoms with Gasteiger partial charge in [0.2, 0.25) is 0 Å². The number of nitrogens with one attached hydrogen (secondary N) is 1. The van der Waals surface area contributed by atoms with Crippen LogP contribution in [0.5, 0.6) is 0 Å². The summed E-state index contributed by atoms with van der Waals surface area (Å²) in [5.41, 5.74) is 4.43. The molecule has 8 heteroatoms. The molecule has 1 heterocycles. The highest BCUT2D eigenvalue weighted by molar-refractivity contribution is 6.42. The van der Waals surface area contributed by atoms with Gasteiger partial charge in [0.25, 0.3) is 5.69 Å². The summed E-state index contributed by atoms with van der Waals surface area (Å²) in [6, 6.07) is 18.8. The van der Waals surface area contributed by atoms with Gasteiger partial charge >= 0.3 is 0 Å². The standard InChI is InChI=1S/C24H20Cl2N4O2/c1-16(18-4-8-21(25)22(26)13-18)12-17-2-5-19(6-3-17)28-20-7-9-23(30(31)32)24(14-20)29-11-10-27-15-29/h2-11,13-16,28H,12H2,1H3. The molecule has 4 aromatic rings. The van der Waals surface area contributed by atoms with E-state index in [-0.39, 0.29) is 11.6 Å². The van der Waals surface area contributed by atoms with E-state index in [2.05, 4.69) is 29.4 Å². The normalized spacial score (nSPS) is 11.8. The molecular formula is C24H20Cl2N4O2. The molecule has 0 aliphatic rings. The van der Waals surface area contributed by atoms with Crippen molar-refractivity contribution >= 4 is 40.3 Å². The third-order valence-electron chi connectivity index (χ3n) is 5.25. The molecule has 0 fully saturated rings. The number of hydrogen-bond donors (Lipinski definition) is 1. The Bertz CT molecular complexity index is 1240. The van der Waals surface area contributed by atoms with Crippen LogP contribution in [0.4, 0.5) is 17.1 Å². The van der Waals surface area contributed by atoms with Crippen LogP contribution in [-0.4, -0.2) is 14.5 Å². The third kappa shape index (κ3) is 4.93. The highest BCUT2D eigenvalue weighted by atomic mass is 35.5. The smallest absolute Gasteiger partial charge is 0.293 e. The minimum absolute atomic E-state index is 0.0141. The van der Waals surface area contributed by atoms with E-state index in [4.69, 9.17) is 23.2 Å². The maximum atomic E-state index is 11.4. The van der Waals surface area contributed by atoms with Gasteiger partial charge in [-0.15, -0.1) is 0 Å². The van der Waals surface area contributed by atoms with Crippen LogP contribution in [0.25, 0.3) is 5.69 Å². The Labute approximate surface area is 195 Å². The van der Waals surface area contributed by atoms with Gasteiger partial charge in [0, 0.05) is 29.8 Å². The molecule has 0 bridgehead atoms. The Kier molecular flexibility index (Phi) is 6.44. The Hall–Kier alpha value is -3.35. The molecule has 0 saturated carbocycles. The van der Waals surface area contributed by atoms with Crippen LogP contribution in [0, 0.1) is 10.1 Å². The predicted octanol–water partition coefficient (Wildman–Crippen LogP) is 7.18. The zero-order valence-electron chi connectivity index (χ0n) is 17.2. The van der Waals surface area contributed by atoms with Crippen molar-refractivity contribution < 1.29 is 4.92 Å². The van der Waals surface area contributed by atoms with E-state index in [0.29, 0.717) is 15.7 Å². The summed E-state index contributed by atoms with van der Waals surface area (Å²) in [6.07, 6.45) is 5.66. The molecule has 0 saturated heterocycles. The summed E-state index contributed by atoms with van der Waals surface area (Å²) >= 11 is 12.2. The van der Waals surface area contributed by atoms with Crippen LogP contribution in [0.2, 0.25) is 10.0 Å². The van der Waals surface area contributed by atoms with E-state index < -0.39 is 4.92 Å². The van der Waals surface area contributed by atoms with Crippen molar-refractivity contribution in [3.8, 4) is 5.69 Å². The molecule has 4 rings (SSSR count). The van der Waals surface area contributed by atoms with Crippen molar-refractivity contribution in [2.45, 2.75) is 19.3 Å². The minimum atomic E-state index is -0.400. The first kappa shape index (κ1) is 21.9. The number of imidazole rings is 1. The van der Waals surface area contributed by atoms with Gasteiger partial charge in [0.1, 0.15) is 5.69 Å². The molecule has 1 atom stereocenters. The van der Waals surface area contributed by atoms with Crippen LogP contribution >= 0.6 is 23.2 Å². The van der Waals surface area contributed by atoms with E-state index in [9.17, 15) is 10.1 Å². The highest BCUT2D eigenvalue weighted by Gasteiger charge is 2.16. The number of aromatic nitrogens is 2. The fourth-order valence-electron chi connectivity index (χ4n) is 3.55. The summed E-state index contributed by atoms with van der Waals surface area (Å²) in [6.45, 7) is 2.15. The first-order valence-corrected chi connectivity index (χ1v) is 10.7. The Morgan fingerprint density at radius 2 is 1.78 bits per heavy atom. The van der Waals surface area contributed by atoms with Gasteiger partial charge in [0.15, 0.2) is 0 Å². The fraction of sp³-hybridized carbons (Fsp3) is 0.125. The topological polar surface area (TPSA) is 73.0 Å². The van der Waals surface area contributed by atoms with Gasteiger partial charge in [-0.1, -0.05) is 48.3 Å². The van der Waals surface area contributed by atoms with Crippen LogP contribution in [0.3, 0.4) is 0 Å². The van der Waals surface area contributed by atoms with Crippen molar-refractivity contribution in [1.29, 1.82) is 0 Å². The highest BCUT2D eigenvalue weighted by Crippen LogP contribution is 2.30. The van der Waals surface area contributed by atoms with Crippen LogP contribution in [-0.2, 0) is 6.42 Å². The summed E-state index contributed by atoms with van der Waals surface area (Å²) < 4.78 is 1.62. The zero-order chi connectivity index (χ0) is 22.7. The number of anilines is 2. The largest absolute Gasteiger partial charge is 0.355 e. The van der Waals surface area contributed by atoms with Gasteiger partial charge in [-0.2, -0.15) is 0 Å². The Morgan fingerprint density at radius 1 is 1.03 bits per heavy atom. The predicted molar refractivity (Wildman–Crippen MR) is 129 cm³/mol. The number of rotatable bonds is 7. The molecule has 6 nitrogen and oxygen atoms in total. The summed E-state index contributed by atoms with van der Waals surface area (Å²) in [4.78, 5) is 15.0. The van der Waals surface area contributed by atoms with Crippen molar-refractivity contribution in [3.63, 3.8) is 0 Å². The molecule has 3 aromatic carbocycles. The molecule has 0 radical (unpaired) electrons. The number of hydrogen-bond acceptors (Lipinski definition) is 4. The van der Waals surface area contributed by atoms with Crippen molar-refractivity contribution in [1.82, 2.24) is 9.55 Å². The monoisotopic (exact) mass is 466 g/mol. The molecule has 0 aliphatic heterocycles. The first-order chi connectivity index (χ1) is 15.4. The van der Waals surface area contributed by atoms with Crippen molar-refractivity contribution in [2.75, 3.05) is 5.32 Å². The molecule has 1 unspecified atom stereocenters. The SMILES string of the molecule is CC(Cc1ccc(Nc2ccc([N+](=O)[O-])c(-n3ccnc3)c2)cc1)c1ccc(Cl)c(Cl)c1. The molecule has 0 amide bonds. The van der Waals surface area contributed by atoms with E-state index in [1.54, 1.807) is 29.1 Å². The van der Waals surface area contributed by atoms with E-state index in [1.165, 1.54) is 18.0 Å². The minimum Gasteiger partial charge on any atom is -0.355 e. The molecule has 32 heavy (non-hydrogen) atoms. The summed E-state index contributed by atoms with van der Waals surface area (Å²) in [5, 5.41) is 15.8. The lowest BCUT2D eigenvalue weighted by molar-refractivity contribution is -0.384. The summed E-state index contributed by atoms with van der Waals surface area (Å²) in [7, 11) is 0. The Balaban J connectivity index is 1.48. The lowest BCUT2D eigenvalue weighted by atomic mass is 9.94. The second-order valence-electron chi connectivity index (χ2n) is 7.53. The van der Waals surface area contributed by atoms with Crippen molar-refractivity contribution in [3.05, 3.63) is 111 Å². The van der Waals surface area contributed by atoms with Crippen LogP contribution < -0.4 is 5.32 Å². The lowest BCUT2D eigenvalue weighted by Gasteiger charge is -2.14. The lowest BCUT2D eigenvalue weighted by Crippen LogP contribution is -2.01. The van der Waals surface area contributed by atoms with E-state index in [1.807, 2.05) is 30.3 Å².